The van der Waals surface area contributed by atoms with Crippen LogP contribution in [0.3, 0.4) is 0 Å². The third-order valence-electron chi connectivity index (χ3n) is 1.61. The van der Waals surface area contributed by atoms with Crippen LogP contribution in [0.4, 0.5) is 0 Å². The van der Waals surface area contributed by atoms with Crippen molar-refractivity contribution in [1.82, 2.24) is 0 Å². The van der Waals surface area contributed by atoms with Crippen LogP contribution in [0.5, 0.6) is 0 Å². The largest absolute Gasteiger partial charge is 0.634 e. The molecule has 0 radical (unpaired) electrons. The molecule has 1 N–H and O–H groups in total. The Balaban J connectivity index is 1.98. The summed E-state index contributed by atoms with van der Waals surface area (Å²) in [7, 11) is 0. The molecule has 48 valence electrons. The fraction of sp³-hybridized carbons (Fsp3) is 1.00. The minimum Gasteiger partial charge on any atom is -0.634 e. The lowest BCUT2D eigenvalue weighted by atomic mass is 10.4. The van der Waals surface area contributed by atoms with Gasteiger partial charge in [0, 0.05) is 5.92 Å². The highest BCUT2D eigenvalue weighted by Gasteiger charge is 2.23. The quantitative estimate of drug-likeness (QED) is 0.507. The molecule has 0 bridgehead atoms. The standard InChI is InChI=1S/C6H13NO/c1-2-7(8)5-6-3-4-6/h6-7H,2-5H2,1H3. The molecule has 0 heterocycles. The molecule has 0 aliphatic heterocycles. The van der Waals surface area contributed by atoms with Crippen LogP contribution in [0.15, 0.2) is 0 Å². The zero-order chi connectivity index (χ0) is 5.98. The monoisotopic (exact) mass is 115 g/mol. The van der Waals surface area contributed by atoms with Crippen LogP contribution in [-0.2, 0) is 0 Å². The highest BCUT2D eigenvalue weighted by atomic mass is 16.5. The predicted octanol–water partition coefficient (Wildman–Crippen LogP) is -0.201. The Morgan fingerprint density at radius 3 is 2.62 bits per heavy atom. The molecule has 8 heavy (non-hydrogen) atoms. The number of hydroxylamine groups is 2. The maximum Gasteiger partial charge on any atom is 0.0796 e. The van der Waals surface area contributed by atoms with Crippen molar-refractivity contribution in [2.45, 2.75) is 19.8 Å². The maximum atomic E-state index is 10.7. The Kier molecular flexibility index (Phi) is 1.86. The smallest absolute Gasteiger partial charge is 0.0796 e. The molecule has 1 unspecified atom stereocenters. The van der Waals surface area contributed by atoms with E-state index in [9.17, 15) is 5.21 Å². The normalized spacial score (nSPS) is 23.2. The molecule has 2 heteroatoms. The number of rotatable bonds is 3. The van der Waals surface area contributed by atoms with Crippen LogP contribution in [0, 0.1) is 11.1 Å². The average Bonchev–Trinajstić information content (AvgIpc) is 2.50. The third kappa shape index (κ3) is 1.80. The first-order chi connectivity index (χ1) is 3.83. The Bertz CT molecular complexity index is 70.9. The van der Waals surface area contributed by atoms with Gasteiger partial charge < -0.3 is 10.3 Å². The molecule has 1 atom stereocenters. The summed E-state index contributed by atoms with van der Waals surface area (Å²) in [4.78, 5) is 0. The van der Waals surface area contributed by atoms with Gasteiger partial charge in [0.2, 0.25) is 0 Å². The summed E-state index contributed by atoms with van der Waals surface area (Å²) in [6.45, 7) is 3.53. The van der Waals surface area contributed by atoms with Crippen molar-refractivity contribution in [1.29, 1.82) is 0 Å². The number of hydrogen-bond acceptors (Lipinski definition) is 1. The van der Waals surface area contributed by atoms with Crippen LogP contribution in [0.2, 0.25) is 0 Å². The number of quaternary nitrogens is 1. The zero-order valence-corrected chi connectivity index (χ0v) is 5.31. The molecule has 0 amide bonds. The molecule has 1 aliphatic carbocycles. The lowest BCUT2D eigenvalue weighted by Gasteiger charge is -2.19. The molecule has 1 aliphatic rings. The molecular formula is C6H13NO. The number of hydrogen-bond donors (Lipinski definition) is 1. The summed E-state index contributed by atoms with van der Waals surface area (Å²) in [6, 6.07) is 0. The molecule has 1 fully saturated rings. The summed E-state index contributed by atoms with van der Waals surface area (Å²) in [5, 5.41) is 11.1. The van der Waals surface area contributed by atoms with E-state index in [0.717, 1.165) is 19.0 Å². The first-order valence-corrected chi connectivity index (χ1v) is 3.34. The van der Waals surface area contributed by atoms with Crippen LogP contribution >= 0.6 is 0 Å². The van der Waals surface area contributed by atoms with Crippen molar-refractivity contribution < 1.29 is 5.06 Å². The van der Waals surface area contributed by atoms with Crippen molar-refractivity contribution >= 4 is 0 Å². The Labute approximate surface area is 50.1 Å². The molecule has 0 aromatic heterocycles. The van der Waals surface area contributed by atoms with Gasteiger partial charge in [-0.05, 0) is 19.8 Å². The van der Waals surface area contributed by atoms with E-state index in [2.05, 4.69) is 0 Å². The Hall–Kier alpha value is -0.0800. The molecule has 0 spiro atoms. The van der Waals surface area contributed by atoms with E-state index >= 15 is 0 Å². The van der Waals surface area contributed by atoms with Crippen LogP contribution in [0.25, 0.3) is 0 Å². The van der Waals surface area contributed by atoms with Crippen LogP contribution in [-0.4, -0.2) is 13.1 Å². The lowest BCUT2D eigenvalue weighted by Crippen LogP contribution is -3.07. The summed E-state index contributed by atoms with van der Waals surface area (Å²) in [5.41, 5.74) is 0. The van der Waals surface area contributed by atoms with Gasteiger partial charge in [-0.3, -0.25) is 0 Å². The first kappa shape index (κ1) is 6.05. The maximum absolute atomic E-state index is 10.7. The highest BCUT2D eigenvalue weighted by molar-refractivity contribution is 4.71. The average molecular weight is 115 g/mol. The fourth-order valence-corrected chi connectivity index (χ4v) is 0.788. The van der Waals surface area contributed by atoms with Crippen molar-refractivity contribution in [2.24, 2.45) is 5.92 Å². The molecule has 0 saturated heterocycles. The van der Waals surface area contributed by atoms with E-state index in [1.54, 1.807) is 0 Å². The van der Waals surface area contributed by atoms with Crippen molar-refractivity contribution in [3.63, 3.8) is 0 Å². The van der Waals surface area contributed by atoms with Crippen LogP contribution < -0.4 is 5.06 Å². The van der Waals surface area contributed by atoms with E-state index < -0.39 is 0 Å². The summed E-state index contributed by atoms with van der Waals surface area (Å²) < 4.78 is 0. The van der Waals surface area contributed by atoms with E-state index in [4.69, 9.17) is 0 Å². The van der Waals surface area contributed by atoms with Gasteiger partial charge in [0.1, 0.15) is 0 Å². The summed E-state index contributed by atoms with van der Waals surface area (Å²) in [6.07, 6.45) is 2.59. The second-order valence-corrected chi connectivity index (χ2v) is 2.54. The molecule has 0 aromatic rings. The van der Waals surface area contributed by atoms with Crippen molar-refractivity contribution in [3.05, 3.63) is 5.21 Å². The van der Waals surface area contributed by atoms with Gasteiger partial charge in [0.05, 0.1) is 13.1 Å². The molecule has 1 rings (SSSR count). The Morgan fingerprint density at radius 1 is 1.62 bits per heavy atom. The third-order valence-corrected chi connectivity index (χ3v) is 1.61. The van der Waals surface area contributed by atoms with Gasteiger partial charge in [-0.1, -0.05) is 0 Å². The molecule has 0 aromatic carbocycles. The number of nitrogens with one attached hydrogen (secondary N) is 1. The minimum absolute atomic E-state index is 0.438. The molecular weight excluding hydrogens is 102 g/mol. The van der Waals surface area contributed by atoms with Crippen molar-refractivity contribution in [3.8, 4) is 0 Å². The topological polar surface area (TPSA) is 27.5 Å². The first-order valence-electron chi connectivity index (χ1n) is 3.34. The van der Waals surface area contributed by atoms with Crippen LogP contribution in [0.1, 0.15) is 19.8 Å². The second kappa shape index (κ2) is 2.46. The molecule has 1 saturated carbocycles. The second-order valence-electron chi connectivity index (χ2n) is 2.54. The lowest BCUT2D eigenvalue weighted by molar-refractivity contribution is -0.848. The van der Waals surface area contributed by atoms with E-state index in [1.165, 1.54) is 12.8 Å². The zero-order valence-electron chi connectivity index (χ0n) is 5.31. The van der Waals surface area contributed by atoms with Gasteiger partial charge in [-0.15, -0.1) is 0 Å². The fourth-order valence-electron chi connectivity index (χ4n) is 0.788. The predicted molar refractivity (Wildman–Crippen MR) is 32.5 cm³/mol. The molecule has 2 nitrogen and oxygen atoms in total. The highest BCUT2D eigenvalue weighted by Crippen LogP contribution is 2.26. The van der Waals surface area contributed by atoms with Gasteiger partial charge in [-0.25, -0.2) is 0 Å². The van der Waals surface area contributed by atoms with Gasteiger partial charge in [0.15, 0.2) is 0 Å². The van der Waals surface area contributed by atoms with Gasteiger partial charge in [0.25, 0.3) is 0 Å². The minimum atomic E-state index is 0.438. The SMILES string of the molecule is CC[NH+]([O-])CC1CC1. The van der Waals surface area contributed by atoms with E-state index in [-0.39, 0.29) is 0 Å². The van der Waals surface area contributed by atoms with Crippen molar-refractivity contribution in [2.75, 3.05) is 13.1 Å². The van der Waals surface area contributed by atoms with E-state index in [0.29, 0.717) is 5.06 Å². The summed E-state index contributed by atoms with van der Waals surface area (Å²) in [5.74, 6) is 0.780. The summed E-state index contributed by atoms with van der Waals surface area (Å²) >= 11 is 0. The van der Waals surface area contributed by atoms with E-state index in [1.807, 2.05) is 6.92 Å². The van der Waals surface area contributed by atoms with Gasteiger partial charge in [-0.2, -0.15) is 0 Å². The Morgan fingerprint density at radius 2 is 2.25 bits per heavy atom. The van der Waals surface area contributed by atoms with Gasteiger partial charge >= 0.3 is 0 Å².